The Hall–Kier alpha value is -1.06. The zero-order valence-electron chi connectivity index (χ0n) is 12.9. The van der Waals surface area contributed by atoms with E-state index in [1.807, 2.05) is 6.92 Å². The van der Waals surface area contributed by atoms with Gasteiger partial charge in [-0.3, -0.25) is 0 Å². The lowest BCUT2D eigenvalue weighted by Crippen LogP contribution is -2.24. The van der Waals surface area contributed by atoms with E-state index in [0.717, 1.165) is 19.6 Å². The molecular weight excluding hydrogens is 236 g/mol. The topological polar surface area (TPSA) is 38.5 Å². The summed E-state index contributed by atoms with van der Waals surface area (Å²) in [5, 5.41) is 0. The quantitative estimate of drug-likeness (QED) is 0.823. The fraction of sp³-hybridized carbons (Fsp3) is 0.625. The van der Waals surface area contributed by atoms with Crippen LogP contribution in [0.4, 0.5) is 5.69 Å². The van der Waals surface area contributed by atoms with Gasteiger partial charge >= 0.3 is 0 Å². The molecule has 0 radical (unpaired) electrons. The van der Waals surface area contributed by atoms with Crippen LogP contribution < -0.4 is 10.6 Å². The number of ether oxygens (including phenoxy) is 1. The molecule has 1 aromatic carbocycles. The van der Waals surface area contributed by atoms with E-state index >= 15 is 0 Å². The minimum atomic E-state index is 0.210. The molecule has 0 bridgehead atoms. The monoisotopic (exact) mass is 264 g/mol. The molecule has 0 aromatic heterocycles. The van der Waals surface area contributed by atoms with Gasteiger partial charge in [0.1, 0.15) is 0 Å². The Morgan fingerprint density at radius 2 is 1.95 bits per heavy atom. The van der Waals surface area contributed by atoms with Crippen LogP contribution in [0, 0.1) is 6.92 Å². The van der Waals surface area contributed by atoms with E-state index in [1.54, 1.807) is 0 Å². The molecule has 0 fully saturated rings. The summed E-state index contributed by atoms with van der Waals surface area (Å²) < 4.78 is 5.58. The number of hydrogen-bond donors (Lipinski definition) is 1. The third-order valence-corrected chi connectivity index (χ3v) is 3.19. The largest absolute Gasteiger partial charge is 0.377 e. The number of hydrogen-bond acceptors (Lipinski definition) is 3. The van der Waals surface area contributed by atoms with Crippen molar-refractivity contribution in [2.24, 2.45) is 5.73 Å². The first-order valence-electron chi connectivity index (χ1n) is 7.08. The van der Waals surface area contributed by atoms with E-state index in [-0.39, 0.29) is 6.04 Å². The Labute approximate surface area is 117 Å². The number of likely N-dealkylation sites (N-methyl/N-ethyl adjacent to an activating group) is 1. The van der Waals surface area contributed by atoms with E-state index in [9.17, 15) is 0 Å². The van der Waals surface area contributed by atoms with Gasteiger partial charge in [-0.05, 0) is 57.4 Å². The van der Waals surface area contributed by atoms with Gasteiger partial charge in [-0.25, -0.2) is 0 Å². The van der Waals surface area contributed by atoms with Gasteiger partial charge in [-0.2, -0.15) is 0 Å². The minimum Gasteiger partial charge on any atom is -0.377 e. The second-order valence-electron chi connectivity index (χ2n) is 5.63. The summed E-state index contributed by atoms with van der Waals surface area (Å²) >= 11 is 0. The molecule has 1 unspecified atom stereocenters. The first-order valence-corrected chi connectivity index (χ1v) is 7.08. The number of anilines is 1. The van der Waals surface area contributed by atoms with Gasteiger partial charge in [0.15, 0.2) is 0 Å². The molecule has 1 atom stereocenters. The van der Waals surface area contributed by atoms with E-state index in [0.29, 0.717) is 6.10 Å². The van der Waals surface area contributed by atoms with Gasteiger partial charge in [-0.1, -0.05) is 6.07 Å². The predicted octanol–water partition coefficient (Wildman–Crippen LogP) is 2.75. The second kappa shape index (κ2) is 7.51. The number of nitrogens with zero attached hydrogens (tertiary/aromatic N) is 1. The lowest BCUT2D eigenvalue weighted by molar-refractivity contribution is 0.0846. The maximum Gasteiger partial charge on any atom is 0.0644 e. The Morgan fingerprint density at radius 1 is 1.26 bits per heavy atom. The highest BCUT2D eigenvalue weighted by molar-refractivity contribution is 5.50. The fourth-order valence-corrected chi connectivity index (χ4v) is 2.05. The SMILES string of the molecule is Cc1cc(N(C)CCOC(C)C)ccc1CC(C)N. The molecule has 0 aliphatic carbocycles. The van der Waals surface area contributed by atoms with Gasteiger partial charge in [0.05, 0.1) is 12.7 Å². The first-order chi connectivity index (χ1) is 8.90. The molecule has 108 valence electrons. The van der Waals surface area contributed by atoms with Crippen molar-refractivity contribution in [3.8, 4) is 0 Å². The summed E-state index contributed by atoms with van der Waals surface area (Å²) in [5.41, 5.74) is 9.74. The van der Waals surface area contributed by atoms with Gasteiger partial charge < -0.3 is 15.4 Å². The molecule has 0 saturated heterocycles. The van der Waals surface area contributed by atoms with Crippen LogP contribution in [0.25, 0.3) is 0 Å². The molecule has 3 heteroatoms. The molecule has 0 saturated carbocycles. The van der Waals surface area contributed by atoms with Gasteiger partial charge in [0.2, 0.25) is 0 Å². The number of rotatable bonds is 7. The summed E-state index contributed by atoms with van der Waals surface area (Å²) in [7, 11) is 2.10. The fourth-order valence-electron chi connectivity index (χ4n) is 2.05. The van der Waals surface area contributed by atoms with Gasteiger partial charge in [-0.15, -0.1) is 0 Å². The van der Waals surface area contributed by atoms with Crippen molar-refractivity contribution in [1.29, 1.82) is 0 Å². The minimum absolute atomic E-state index is 0.210. The van der Waals surface area contributed by atoms with Crippen molar-refractivity contribution >= 4 is 5.69 Å². The molecular formula is C16H28N2O. The van der Waals surface area contributed by atoms with Crippen LogP contribution in [0.1, 0.15) is 31.9 Å². The number of nitrogens with two attached hydrogens (primary N) is 1. The van der Waals surface area contributed by atoms with E-state index < -0.39 is 0 Å². The summed E-state index contributed by atoms with van der Waals surface area (Å²) in [6, 6.07) is 6.79. The van der Waals surface area contributed by atoms with Crippen molar-refractivity contribution in [1.82, 2.24) is 0 Å². The molecule has 3 nitrogen and oxygen atoms in total. The molecule has 0 amide bonds. The zero-order chi connectivity index (χ0) is 14.4. The molecule has 0 spiro atoms. The maximum absolute atomic E-state index is 5.86. The van der Waals surface area contributed by atoms with Crippen LogP contribution in [0.3, 0.4) is 0 Å². The Balaban J connectivity index is 2.61. The summed E-state index contributed by atoms with van der Waals surface area (Å²) in [6.07, 6.45) is 1.23. The van der Waals surface area contributed by atoms with Gasteiger partial charge in [0.25, 0.3) is 0 Å². The van der Waals surface area contributed by atoms with Gasteiger partial charge in [0, 0.05) is 25.3 Å². The van der Waals surface area contributed by atoms with Crippen molar-refractivity contribution in [3.63, 3.8) is 0 Å². The van der Waals surface area contributed by atoms with Crippen LogP contribution in [0.2, 0.25) is 0 Å². The molecule has 0 heterocycles. The van der Waals surface area contributed by atoms with E-state index in [2.05, 4.69) is 50.9 Å². The number of aryl methyl sites for hydroxylation is 1. The van der Waals surface area contributed by atoms with Crippen LogP contribution in [-0.2, 0) is 11.2 Å². The Morgan fingerprint density at radius 3 is 2.47 bits per heavy atom. The van der Waals surface area contributed by atoms with Crippen molar-refractivity contribution < 1.29 is 4.74 Å². The van der Waals surface area contributed by atoms with Crippen molar-refractivity contribution in [2.45, 2.75) is 46.3 Å². The highest BCUT2D eigenvalue weighted by atomic mass is 16.5. The third kappa shape index (κ3) is 5.62. The van der Waals surface area contributed by atoms with Crippen LogP contribution in [0.5, 0.6) is 0 Å². The average Bonchev–Trinajstić information content (AvgIpc) is 2.30. The second-order valence-corrected chi connectivity index (χ2v) is 5.63. The normalized spacial score (nSPS) is 12.8. The summed E-state index contributed by atoms with van der Waals surface area (Å²) in [5.74, 6) is 0. The van der Waals surface area contributed by atoms with Crippen LogP contribution in [-0.4, -0.2) is 32.3 Å². The third-order valence-electron chi connectivity index (χ3n) is 3.19. The highest BCUT2D eigenvalue weighted by Gasteiger charge is 2.06. The zero-order valence-corrected chi connectivity index (χ0v) is 12.9. The van der Waals surface area contributed by atoms with Crippen LogP contribution in [0.15, 0.2) is 18.2 Å². The molecule has 1 rings (SSSR count). The van der Waals surface area contributed by atoms with E-state index in [1.165, 1.54) is 16.8 Å². The molecule has 19 heavy (non-hydrogen) atoms. The molecule has 0 aliphatic heterocycles. The average molecular weight is 264 g/mol. The molecule has 1 aromatic rings. The van der Waals surface area contributed by atoms with Crippen molar-refractivity contribution in [3.05, 3.63) is 29.3 Å². The van der Waals surface area contributed by atoms with E-state index in [4.69, 9.17) is 10.5 Å². The Bertz CT molecular complexity index is 388. The first kappa shape index (κ1) is 16.0. The number of benzene rings is 1. The standard InChI is InChI=1S/C16H28N2O/c1-12(2)19-9-8-18(5)16-7-6-15(11-14(4)17)13(3)10-16/h6-7,10,12,14H,8-9,11,17H2,1-5H3. The lowest BCUT2D eigenvalue weighted by Gasteiger charge is -2.21. The highest BCUT2D eigenvalue weighted by Crippen LogP contribution is 2.19. The Kier molecular flexibility index (Phi) is 6.32. The molecule has 0 aliphatic rings. The summed E-state index contributed by atoms with van der Waals surface area (Å²) in [4.78, 5) is 2.23. The maximum atomic E-state index is 5.86. The predicted molar refractivity (Wildman–Crippen MR) is 82.9 cm³/mol. The summed E-state index contributed by atoms with van der Waals surface area (Å²) in [6.45, 7) is 9.99. The van der Waals surface area contributed by atoms with Crippen LogP contribution >= 0.6 is 0 Å². The smallest absolute Gasteiger partial charge is 0.0644 e. The molecule has 2 N–H and O–H groups in total. The van der Waals surface area contributed by atoms with Crippen molar-refractivity contribution in [2.75, 3.05) is 25.1 Å². The lowest BCUT2D eigenvalue weighted by atomic mass is 10.0.